The molecule has 0 radical (unpaired) electrons. The number of anilines is 1. The Kier molecular flexibility index (Phi) is 7.13. The van der Waals surface area contributed by atoms with Gasteiger partial charge in [-0.3, -0.25) is 19.3 Å². The second kappa shape index (κ2) is 9.46. The Bertz CT molecular complexity index is 1130. The summed E-state index contributed by atoms with van der Waals surface area (Å²) in [5.74, 6) is -1.08. The van der Waals surface area contributed by atoms with Crippen LogP contribution in [-0.2, 0) is 9.59 Å². The number of nitrogens with zero attached hydrogens (tertiary/aromatic N) is 1. The Morgan fingerprint density at radius 2 is 1.94 bits per heavy atom. The number of ether oxygens (including phenoxy) is 1. The quantitative estimate of drug-likeness (QED) is 0.479. The number of rotatable bonds is 5. The number of phenols is 1. The first-order valence-corrected chi connectivity index (χ1v) is 11.4. The van der Waals surface area contributed by atoms with Gasteiger partial charge in [0.05, 0.1) is 12.0 Å². The van der Waals surface area contributed by atoms with Gasteiger partial charge >= 0.3 is 0 Å². The maximum atomic E-state index is 12.8. The minimum Gasteiger partial charge on any atom is -0.504 e. The summed E-state index contributed by atoms with van der Waals surface area (Å²) in [6.45, 7) is 3.48. The molecule has 3 rings (SSSR count). The third-order valence-electron chi connectivity index (χ3n) is 4.65. The summed E-state index contributed by atoms with van der Waals surface area (Å²) in [5, 5.41) is 12.6. The van der Waals surface area contributed by atoms with Crippen LogP contribution in [0, 0.1) is 13.8 Å². The van der Waals surface area contributed by atoms with Crippen molar-refractivity contribution in [3.05, 3.63) is 54.8 Å². The first-order chi connectivity index (χ1) is 14.6. The molecule has 2 N–H and O–H groups in total. The van der Waals surface area contributed by atoms with E-state index in [9.17, 15) is 19.5 Å². The molecule has 0 atom stereocenters. The fourth-order valence-corrected chi connectivity index (χ4v) is 4.49. The summed E-state index contributed by atoms with van der Waals surface area (Å²) in [4.78, 5) is 38.5. The second-order valence-electron chi connectivity index (χ2n) is 6.75. The minimum absolute atomic E-state index is 0.0835. The highest BCUT2D eigenvalue weighted by Crippen LogP contribution is 2.43. The van der Waals surface area contributed by atoms with Crippen molar-refractivity contribution < 1.29 is 24.2 Å². The van der Waals surface area contributed by atoms with Gasteiger partial charge in [-0.15, -0.1) is 0 Å². The van der Waals surface area contributed by atoms with Gasteiger partial charge in [0, 0.05) is 20.2 Å². The SMILES string of the molecule is COc1cc(Br)c(Br)c(/C=C2\SC(=O)N(CC(=O)Nc3ccc(C)c(C)c3)C2=O)c1O. The zero-order valence-electron chi connectivity index (χ0n) is 16.8. The molecular formula is C21H18Br2N2O5S. The summed E-state index contributed by atoms with van der Waals surface area (Å²) in [7, 11) is 1.40. The lowest BCUT2D eigenvalue weighted by Gasteiger charge is -2.13. The van der Waals surface area contributed by atoms with E-state index in [-0.39, 0.29) is 22.0 Å². The number of amides is 3. The molecule has 10 heteroatoms. The lowest BCUT2D eigenvalue weighted by Crippen LogP contribution is -2.36. The lowest BCUT2D eigenvalue weighted by atomic mass is 10.1. The van der Waals surface area contributed by atoms with Gasteiger partial charge in [0.25, 0.3) is 11.1 Å². The number of hydrogen-bond acceptors (Lipinski definition) is 6. The number of nitrogens with one attached hydrogen (secondary N) is 1. The average Bonchev–Trinajstić information content (AvgIpc) is 2.98. The van der Waals surface area contributed by atoms with E-state index < -0.39 is 23.6 Å². The molecule has 0 saturated carbocycles. The maximum absolute atomic E-state index is 12.8. The number of thioether (sulfide) groups is 1. The molecule has 162 valence electrons. The molecule has 1 fully saturated rings. The molecular weight excluding hydrogens is 552 g/mol. The third-order valence-corrected chi connectivity index (χ3v) is 7.57. The van der Waals surface area contributed by atoms with Crippen molar-refractivity contribution in [2.75, 3.05) is 19.0 Å². The highest BCUT2D eigenvalue weighted by molar-refractivity contribution is 9.13. The van der Waals surface area contributed by atoms with E-state index in [2.05, 4.69) is 37.2 Å². The molecule has 2 aromatic rings. The maximum Gasteiger partial charge on any atom is 0.294 e. The Morgan fingerprint density at radius 1 is 1.23 bits per heavy atom. The fourth-order valence-electron chi connectivity index (χ4n) is 2.83. The molecule has 1 heterocycles. The minimum atomic E-state index is -0.615. The van der Waals surface area contributed by atoms with Gasteiger partial charge in [-0.05, 0) is 92.9 Å². The number of halogens is 2. The van der Waals surface area contributed by atoms with Crippen LogP contribution in [0.5, 0.6) is 11.5 Å². The summed E-state index contributed by atoms with van der Waals surface area (Å²) >= 11 is 7.39. The number of imide groups is 1. The first kappa shape index (κ1) is 23.4. The largest absolute Gasteiger partial charge is 0.504 e. The molecule has 2 aromatic carbocycles. The molecule has 0 bridgehead atoms. The summed E-state index contributed by atoms with van der Waals surface area (Å²) in [6.07, 6.45) is 1.39. The Balaban J connectivity index is 1.80. The summed E-state index contributed by atoms with van der Waals surface area (Å²) in [5.41, 5.74) is 2.97. The Labute approximate surface area is 200 Å². The molecule has 1 aliphatic heterocycles. The van der Waals surface area contributed by atoms with Crippen molar-refractivity contribution in [2.24, 2.45) is 0 Å². The predicted octanol–water partition coefficient (Wildman–Crippen LogP) is 5.22. The molecule has 3 amide bonds. The van der Waals surface area contributed by atoms with Gasteiger partial charge in [-0.2, -0.15) is 0 Å². The first-order valence-electron chi connectivity index (χ1n) is 8.99. The molecule has 7 nitrogen and oxygen atoms in total. The number of benzene rings is 2. The number of carbonyl (C=O) groups is 3. The van der Waals surface area contributed by atoms with Crippen molar-refractivity contribution in [3.8, 4) is 11.5 Å². The van der Waals surface area contributed by atoms with Gasteiger partial charge < -0.3 is 15.2 Å². The predicted molar refractivity (Wildman–Crippen MR) is 127 cm³/mol. The van der Waals surface area contributed by atoms with Crippen LogP contribution >= 0.6 is 43.6 Å². The highest BCUT2D eigenvalue weighted by atomic mass is 79.9. The molecule has 0 aromatic heterocycles. The van der Waals surface area contributed by atoms with Crippen LogP contribution in [0.1, 0.15) is 16.7 Å². The van der Waals surface area contributed by atoms with Crippen molar-refractivity contribution >= 4 is 72.4 Å². The van der Waals surface area contributed by atoms with Crippen molar-refractivity contribution in [3.63, 3.8) is 0 Å². The Morgan fingerprint density at radius 3 is 2.58 bits per heavy atom. The van der Waals surface area contributed by atoms with Gasteiger partial charge in [0.15, 0.2) is 11.5 Å². The Hall–Kier alpha value is -2.30. The monoisotopic (exact) mass is 568 g/mol. The normalized spacial score (nSPS) is 15.0. The zero-order chi connectivity index (χ0) is 22.9. The lowest BCUT2D eigenvalue weighted by molar-refractivity contribution is -0.127. The fraction of sp³-hybridized carbons (Fsp3) is 0.190. The van der Waals surface area contributed by atoms with Crippen LogP contribution in [0.25, 0.3) is 6.08 Å². The van der Waals surface area contributed by atoms with Crippen LogP contribution < -0.4 is 10.1 Å². The molecule has 31 heavy (non-hydrogen) atoms. The van der Waals surface area contributed by atoms with E-state index in [1.165, 1.54) is 13.2 Å². The zero-order valence-corrected chi connectivity index (χ0v) is 20.8. The third kappa shape index (κ3) is 4.97. The van der Waals surface area contributed by atoms with Crippen molar-refractivity contribution in [2.45, 2.75) is 13.8 Å². The van der Waals surface area contributed by atoms with Crippen molar-refractivity contribution in [1.82, 2.24) is 4.90 Å². The van der Waals surface area contributed by atoms with Crippen LogP contribution in [0.15, 0.2) is 38.1 Å². The smallest absolute Gasteiger partial charge is 0.294 e. The number of carbonyl (C=O) groups excluding carboxylic acids is 3. The standard InChI is InChI=1S/C21H18Br2N2O5S/c1-10-4-5-12(6-11(10)2)24-17(26)9-25-20(28)16(31-21(25)29)7-13-18(23)14(22)8-15(30-3)19(13)27/h4-8,27H,9H2,1-3H3,(H,24,26)/b16-7-. The molecule has 0 spiro atoms. The van der Waals surface area contributed by atoms with E-state index in [0.717, 1.165) is 16.0 Å². The molecule has 0 aliphatic carbocycles. The number of methoxy groups -OCH3 is 1. The van der Waals surface area contributed by atoms with Crippen LogP contribution in [0.3, 0.4) is 0 Å². The summed E-state index contributed by atoms with van der Waals surface area (Å²) < 4.78 is 6.22. The molecule has 1 saturated heterocycles. The molecule has 0 unspecified atom stereocenters. The van der Waals surface area contributed by atoms with E-state index in [1.54, 1.807) is 12.1 Å². The average molecular weight is 570 g/mol. The number of aryl methyl sites for hydroxylation is 2. The van der Waals surface area contributed by atoms with Crippen LogP contribution in [0.2, 0.25) is 0 Å². The number of aromatic hydroxyl groups is 1. The number of phenolic OH excluding ortho intramolecular Hbond substituents is 1. The van der Waals surface area contributed by atoms with Gasteiger partial charge in [-0.1, -0.05) is 6.07 Å². The highest BCUT2D eigenvalue weighted by Gasteiger charge is 2.36. The second-order valence-corrected chi connectivity index (χ2v) is 9.39. The molecule has 1 aliphatic rings. The van der Waals surface area contributed by atoms with Crippen LogP contribution in [-0.4, -0.2) is 40.7 Å². The van der Waals surface area contributed by atoms with E-state index >= 15 is 0 Å². The van der Waals surface area contributed by atoms with E-state index in [4.69, 9.17) is 4.74 Å². The van der Waals surface area contributed by atoms with Crippen molar-refractivity contribution in [1.29, 1.82) is 0 Å². The topological polar surface area (TPSA) is 95.9 Å². The van der Waals surface area contributed by atoms with Gasteiger partial charge in [-0.25, -0.2) is 0 Å². The van der Waals surface area contributed by atoms with E-state index in [1.807, 2.05) is 26.0 Å². The van der Waals surface area contributed by atoms with Crippen LogP contribution in [0.4, 0.5) is 10.5 Å². The van der Waals surface area contributed by atoms with Gasteiger partial charge in [0.2, 0.25) is 5.91 Å². The summed E-state index contributed by atoms with van der Waals surface area (Å²) in [6, 6.07) is 7.03. The number of hydrogen-bond donors (Lipinski definition) is 2. The van der Waals surface area contributed by atoms with E-state index in [0.29, 0.717) is 26.4 Å². The van der Waals surface area contributed by atoms with Gasteiger partial charge in [0.1, 0.15) is 6.54 Å².